The maximum absolute atomic E-state index is 12.2. The van der Waals surface area contributed by atoms with Gasteiger partial charge in [-0.1, -0.05) is 95.0 Å². The van der Waals surface area contributed by atoms with Gasteiger partial charge in [-0.3, -0.25) is 0 Å². The molecule has 1 aromatic rings. The van der Waals surface area contributed by atoms with Gasteiger partial charge in [0.1, 0.15) is 6.10 Å². The molecular weight excluding hydrogens is 334 g/mol. The van der Waals surface area contributed by atoms with Crippen LogP contribution in [0.2, 0.25) is 0 Å². The minimum atomic E-state index is -0.278. The van der Waals surface area contributed by atoms with E-state index in [-0.39, 0.29) is 12.2 Å². The molecule has 0 saturated heterocycles. The average Bonchev–Trinajstić information content (AvgIpc) is 2.67. The molecule has 0 aliphatic heterocycles. The topological polar surface area (TPSA) is 38.3 Å². The first-order valence-electron chi connectivity index (χ1n) is 11.2. The molecule has 0 bridgehead atoms. The van der Waals surface area contributed by atoms with Gasteiger partial charge in [-0.2, -0.15) is 0 Å². The van der Waals surface area contributed by atoms with E-state index in [0.29, 0.717) is 6.54 Å². The molecule has 27 heavy (non-hydrogen) atoms. The molecule has 1 amide bonds. The molecule has 3 nitrogen and oxygen atoms in total. The zero-order valence-corrected chi connectivity index (χ0v) is 17.9. The Bertz CT molecular complexity index is 484. The van der Waals surface area contributed by atoms with Crippen molar-refractivity contribution in [1.29, 1.82) is 0 Å². The predicted octanol–water partition coefficient (Wildman–Crippen LogP) is 7.31. The van der Waals surface area contributed by atoms with Gasteiger partial charge < -0.3 is 10.1 Å². The number of unbranched alkanes of at least 4 members (excludes halogenated alkanes) is 8. The Hall–Kier alpha value is -1.51. The molecule has 1 aromatic carbocycles. The van der Waals surface area contributed by atoms with E-state index in [4.69, 9.17) is 4.74 Å². The largest absolute Gasteiger partial charge is 0.446 e. The Labute approximate surface area is 167 Å². The zero-order valence-electron chi connectivity index (χ0n) is 17.9. The Morgan fingerprint density at radius 3 is 2.00 bits per heavy atom. The van der Waals surface area contributed by atoms with Crippen molar-refractivity contribution in [3.05, 3.63) is 35.4 Å². The summed E-state index contributed by atoms with van der Waals surface area (Å²) in [5, 5.41) is 2.90. The lowest BCUT2D eigenvalue weighted by atomic mass is 10.0. The van der Waals surface area contributed by atoms with Crippen LogP contribution >= 0.6 is 0 Å². The monoisotopic (exact) mass is 375 g/mol. The third kappa shape index (κ3) is 12.5. The van der Waals surface area contributed by atoms with Crippen molar-refractivity contribution in [1.82, 2.24) is 5.32 Å². The standard InChI is InChI=1S/C24H41NO2/c1-4-6-8-9-10-11-13-15-23(14-12-7-5-2)27-24(26)25-20-22-18-16-21(3)17-19-22/h16-19,23H,4-15,20H2,1-3H3,(H,25,26). The van der Waals surface area contributed by atoms with Crippen LogP contribution in [-0.2, 0) is 11.3 Å². The van der Waals surface area contributed by atoms with Crippen LogP contribution < -0.4 is 5.32 Å². The van der Waals surface area contributed by atoms with Gasteiger partial charge in [0.15, 0.2) is 0 Å². The summed E-state index contributed by atoms with van der Waals surface area (Å²) in [6.45, 7) is 7.05. The first-order valence-corrected chi connectivity index (χ1v) is 11.2. The first-order chi connectivity index (χ1) is 13.2. The predicted molar refractivity (Wildman–Crippen MR) is 115 cm³/mol. The lowest BCUT2D eigenvalue weighted by molar-refractivity contribution is 0.0838. The van der Waals surface area contributed by atoms with Gasteiger partial charge >= 0.3 is 6.09 Å². The van der Waals surface area contributed by atoms with E-state index in [2.05, 4.69) is 38.2 Å². The summed E-state index contributed by atoms with van der Waals surface area (Å²) in [6, 6.07) is 8.23. The summed E-state index contributed by atoms with van der Waals surface area (Å²) >= 11 is 0. The van der Waals surface area contributed by atoms with E-state index in [1.807, 2.05) is 12.1 Å². The Morgan fingerprint density at radius 2 is 1.37 bits per heavy atom. The van der Waals surface area contributed by atoms with Crippen LogP contribution in [0.4, 0.5) is 4.79 Å². The highest BCUT2D eigenvalue weighted by Gasteiger charge is 2.14. The highest BCUT2D eigenvalue weighted by Crippen LogP contribution is 2.16. The number of amides is 1. The molecule has 1 rings (SSSR count). The van der Waals surface area contributed by atoms with Crippen molar-refractivity contribution >= 4 is 6.09 Å². The number of hydrogen-bond donors (Lipinski definition) is 1. The Balaban J connectivity index is 2.29. The quantitative estimate of drug-likeness (QED) is 0.326. The van der Waals surface area contributed by atoms with Gasteiger partial charge in [0.2, 0.25) is 0 Å². The van der Waals surface area contributed by atoms with Crippen LogP contribution in [0.1, 0.15) is 102 Å². The minimum absolute atomic E-state index is 0.0604. The van der Waals surface area contributed by atoms with E-state index in [9.17, 15) is 4.79 Å². The molecule has 0 aliphatic rings. The van der Waals surface area contributed by atoms with E-state index in [0.717, 1.165) is 31.2 Å². The van der Waals surface area contributed by atoms with Crippen LogP contribution in [0.25, 0.3) is 0 Å². The van der Waals surface area contributed by atoms with Crippen molar-refractivity contribution in [3.8, 4) is 0 Å². The zero-order chi connectivity index (χ0) is 19.7. The Kier molecular flexibility index (Phi) is 13.5. The van der Waals surface area contributed by atoms with Crippen LogP contribution in [0, 0.1) is 6.92 Å². The number of rotatable bonds is 15. The number of carbonyl (C=O) groups excluding carboxylic acids is 1. The fourth-order valence-electron chi connectivity index (χ4n) is 3.29. The van der Waals surface area contributed by atoms with Crippen molar-refractivity contribution < 1.29 is 9.53 Å². The highest BCUT2D eigenvalue weighted by atomic mass is 16.6. The molecule has 1 N–H and O–H groups in total. The second-order valence-electron chi connectivity index (χ2n) is 7.77. The van der Waals surface area contributed by atoms with Crippen LogP contribution in [-0.4, -0.2) is 12.2 Å². The van der Waals surface area contributed by atoms with Gasteiger partial charge in [0.25, 0.3) is 0 Å². The van der Waals surface area contributed by atoms with Crippen LogP contribution in [0.3, 0.4) is 0 Å². The summed E-state index contributed by atoms with van der Waals surface area (Å²) in [6.07, 6.45) is 14.4. The number of alkyl carbamates (subject to hydrolysis) is 1. The molecule has 1 atom stereocenters. The second kappa shape index (κ2) is 15.5. The average molecular weight is 376 g/mol. The third-order valence-corrected chi connectivity index (χ3v) is 5.09. The molecule has 0 heterocycles. The van der Waals surface area contributed by atoms with E-state index in [1.54, 1.807) is 0 Å². The van der Waals surface area contributed by atoms with E-state index < -0.39 is 0 Å². The van der Waals surface area contributed by atoms with Gasteiger partial charge in [0, 0.05) is 6.54 Å². The van der Waals surface area contributed by atoms with Crippen molar-refractivity contribution in [2.24, 2.45) is 0 Å². The van der Waals surface area contributed by atoms with Crippen molar-refractivity contribution in [2.45, 2.75) is 110 Å². The number of carbonyl (C=O) groups is 1. The summed E-state index contributed by atoms with van der Waals surface area (Å²) in [5.74, 6) is 0. The lowest BCUT2D eigenvalue weighted by Gasteiger charge is -2.18. The van der Waals surface area contributed by atoms with Crippen LogP contribution in [0.5, 0.6) is 0 Å². The fraction of sp³-hybridized carbons (Fsp3) is 0.708. The molecule has 0 spiro atoms. The molecule has 0 aromatic heterocycles. The number of nitrogens with one attached hydrogen (secondary N) is 1. The summed E-state index contributed by atoms with van der Waals surface area (Å²) in [5.41, 5.74) is 2.33. The minimum Gasteiger partial charge on any atom is -0.446 e. The SMILES string of the molecule is CCCCCCCCCC(CCCCC)OC(=O)NCc1ccc(C)cc1. The van der Waals surface area contributed by atoms with Crippen LogP contribution in [0.15, 0.2) is 24.3 Å². The number of ether oxygens (including phenoxy) is 1. The molecule has 154 valence electrons. The number of hydrogen-bond acceptors (Lipinski definition) is 2. The normalized spacial score (nSPS) is 12.0. The molecule has 3 heteroatoms. The summed E-state index contributed by atoms with van der Waals surface area (Å²) < 4.78 is 5.74. The maximum Gasteiger partial charge on any atom is 0.407 e. The third-order valence-electron chi connectivity index (χ3n) is 5.09. The summed E-state index contributed by atoms with van der Waals surface area (Å²) in [4.78, 5) is 12.2. The first kappa shape index (κ1) is 23.5. The smallest absolute Gasteiger partial charge is 0.407 e. The molecule has 1 unspecified atom stereocenters. The maximum atomic E-state index is 12.2. The summed E-state index contributed by atoms with van der Waals surface area (Å²) in [7, 11) is 0. The molecule has 0 aliphatic carbocycles. The lowest BCUT2D eigenvalue weighted by Crippen LogP contribution is -2.28. The molecule has 0 fully saturated rings. The number of benzene rings is 1. The van der Waals surface area contributed by atoms with Gasteiger partial charge in [-0.05, 0) is 38.2 Å². The second-order valence-corrected chi connectivity index (χ2v) is 7.77. The highest BCUT2D eigenvalue weighted by molar-refractivity contribution is 5.67. The van der Waals surface area contributed by atoms with Crippen molar-refractivity contribution in [2.75, 3.05) is 0 Å². The molecular formula is C24H41NO2. The van der Waals surface area contributed by atoms with Crippen molar-refractivity contribution in [3.63, 3.8) is 0 Å². The fourth-order valence-corrected chi connectivity index (χ4v) is 3.29. The van der Waals surface area contributed by atoms with Gasteiger partial charge in [0.05, 0.1) is 0 Å². The molecule has 0 radical (unpaired) electrons. The number of aryl methyl sites for hydroxylation is 1. The van der Waals surface area contributed by atoms with Gasteiger partial charge in [-0.25, -0.2) is 4.79 Å². The van der Waals surface area contributed by atoms with Gasteiger partial charge in [-0.15, -0.1) is 0 Å². The van der Waals surface area contributed by atoms with E-state index >= 15 is 0 Å². The van der Waals surface area contributed by atoms with E-state index in [1.165, 1.54) is 56.9 Å². The Morgan fingerprint density at radius 1 is 0.852 bits per heavy atom. The molecule has 0 saturated carbocycles.